The third-order valence-corrected chi connectivity index (χ3v) is 2.20. The minimum absolute atomic E-state index is 0.179. The summed E-state index contributed by atoms with van der Waals surface area (Å²) in [6, 6.07) is 0.179. The zero-order valence-corrected chi connectivity index (χ0v) is 9.02. The maximum absolute atomic E-state index is 13.3. The number of nitro benzene ring substituents is 1. The molecule has 0 aliphatic rings. The number of nitro groups is 1. The molecule has 0 heterocycles. The molecule has 0 aromatic heterocycles. The third-order valence-electron chi connectivity index (χ3n) is 1.61. The topological polar surface area (TPSA) is 89.3 Å². The molecule has 17 heavy (non-hydrogen) atoms. The molecule has 1 aromatic rings. The van der Waals surface area contributed by atoms with Gasteiger partial charge in [0.25, 0.3) is 0 Å². The molecule has 0 unspecified atom stereocenters. The molecule has 10 heteroatoms. The van der Waals surface area contributed by atoms with E-state index in [9.17, 15) is 31.7 Å². The van der Waals surface area contributed by atoms with Crippen molar-refractivity contribution in [2.24, 2.45) is 0 Å². The summed E-state index contributed by atoms with van der Waals surface area (Å²) in [5.74, 6) is -5.52. The molecule has 1 rings (SSSR count). The van der Waals surface area contributed by atoms with Crippen LogP contribution in [-0.2, 0) is 10.0 Å². The average molecular weight is 270 g/mol. The summed E-state index contributed by atoms with van der Waals surface area (Å²) >= 11 is 0. The van der Waals surface area contributed by atoms with E-state index < -0.39 is 43.8 Å². The van der Waals surface area contributed by atoms with Crippen molar-refractivity contribution < 1.29 is 26.5 Å². The second kappa shape index (κ2) is 4.20. The minimum atomic E-state index is -3.97. The number of benzene rings is 1. The Hall–Kier alpha value is -1.84. The van der Waals surface area contributed by atoms with Gasteiger partial charge < -0.3 is 0 Å². The van der Waals surface area contributed by atoms with Crippen LogP contribution in [0.15, 0.2) is 6.07 Å². The molecule has 0 aliphatic carbocycles. The Morgan fingerprint density at radius 1 is 1.29 bits per heavy atom. The number of sulfonamides is 1. The highest BCUT2D eigenvalue weighted by atomic mass is 32.2. The Morgan fingerprint density at radius 3 is 2.24 bits per heavy atom. The van der Waals surface area contributed by atoms with E-state index in [1.807, 2.05) is 0 Å². The van der Waals surface area contributed by atoms with Crippen molar-refractivity contribution >= 4 is 21.4 Å². The lowest BCUT2D eigenvalue weighted by atomic mass is 10.2. The Balaban J connectivity index is 3.50. The number of hydrogen-bond acceptors (Lipinski definition) is 4. The van der Waals surface area contributed by atoms with Gasteiger partial charge in [0, 0.05) is 6.07 Å². The van der Waals surface area contributed by atoms with E-state index in [2.05, 4.69) is 0 Å². The van der Waals surface area contributed by atoms with E-state index in [0.29, 0.717) is 6.26 Å². The van der Waals surface area contributed by atoms with Gasteiger partial charge >= 0.3 is 5.69 Å². The molecule has 0 fully saturated rings. The van der Waals surface area contributed by atoms with E-state index in [1.165, 1.54) is 4.72 Å². The maximum atomic E-state index is 13.3. The first kappa shape index (κ1) is 13.2. The molecule has 6 nitrogen and oxygen atoms in total. The molecule has 0 radical (unpaired) electrons. The van der Waals surface area contributed by atoms with Crippen LogP contribution >= 0.6 is 0 Å². The Labute approximate surface area is 93.3 Å². The fourth-order valence-electron chi connectivity index (χ4n) is 1.02. The lowest BCUT2D eigenvalue weighted by Crippen LogP contribution is -2.13. The fourth-order valence-corrected chi connectivity index (χ4v) is 1.57. The Kier molecular flexibility index (Phi) is 3.27. The molecule has 0 spiro atoms. The van der Waals surface area contributed by atoms with Gasteiger partial charge in [-0.05, 0) is 0 Å². The van der Waals surface area contributed by atoms with Gasteiger partial charge in [0.05, 0.1) is 16.9 Å². The van der Waals surface area contributed by atoms with Gasteiger partial charge in [-0.3, -0.25) is 14.8 Å². The molecule has 0 aliphatic heterocycles. The highest BCUT2D eigenvalue weighted by molar-refractivity contribution is 7.92. The second-order valence-corrected chi connectivity index (χ2v) is 4.76. The van der Waals surface area contributed by atoms with Crippen molar-refractivity contribution in [3.8, 4) is 0 Å². The van der Waals surface area contributed by atoms with Crippen LogP contribution in [-0.4, -0.2) is 19.6 Å². The summed E-state index contributed by atoms with van der Waals surface area (Å²) < 4.78 is 62.1. The van der Waals surface area contributed by atoms with E-state index in [1.54, 1.807) is 0 Å². The van der Waals surface area contributed by atoms with E-state index in [-0.39, 0.29) is 6.07 Å². The van der Waals surface area contributed by atoms with Crippen LogP contribution in [0, 0.1) is 27.6 Å². The lowest BCUT2D eigenvalue weighted by molar-refractivity contribution is -0.390. The molecular weight excluding hydrogens is 265 g/mol. The first-order valence-electron chi connectivity index (χ1n) is 3.93. The standard InChI is InChI=1S/C7H5F3N2O4S/c1-17(15,16)11-4-2-3(8)5(9)7(6(4)10)12(13)14/h2,11H,1H3. The zero-order valence-electron chi connectivity index (χ0n) is 8.20. The largest absolute Gasteiger partial charge is 0.345 e. The summed E-state index contributed by atoms with van der Waals surface area (Å²) in [7, 11) is -3.97. The molecule has 0 saturated heterocycles. The van der Waals surface area contributed by atoms with E-state index >= 15 is 0 Å². The van der Waals surface area contributed by atoms with Gasteiger partial charge in [0.15, 0.2) is 5.82 Å². The second-order valence-electron chi connectivity index (χ2n) is 3.01. The number of rotatable bonds is 3. The first-order valence-corrected chi connectivity index (χ1v) is 5.82. The molecular formula is C7H5F3N2O4S. The van der Waals surface area contributed by atoms with Crippen molar-refractivity contribution in [2.45, 2.75) is 0 Å². The van der Waals surface area contributed by atoms with Gasteiger partial charge in [-0.15, -0.1) is 0 Å². The maximum Gasteiger partial charge on any atom is 0.345 e. The van der Waals surface area contributed by atoms with Gasteiger partial charge in [-0.25, -0.2) is 12.8 Å². The van der Waals surface area contributed by atoms with Gasteiger partial charge in [-0.1, -0.05) is 0 Å². The monoisotopic (exact) mass is 270 g/mol. The highest BCUT2D eigenvalue weighted by Crippen LogP contribution is 2.30. The number of nitrogens with zero attached hydrogens (tertiary/aromatic N) is 1. The number of hydrogen-bond donors (Lipinski definition) is 1. The quantitative estimate of drug-likeness (QED) is 0.510. The summed E-state index contributed by atoms with van der Waals surface area (Å²) in [6.45, 7) is 0. The third kappa shape index (κ3) is 2.84. The molecule has 0 saturated carbocycles. The van der Waals surface area contributed by atoms with Crippen LogP contribution in [0.2, 0.25) is 0 Å². The van der Waals surface area contributed by atoms with Crippen LogP contribution in [0.3, 0.4) is 0 Å². The smallest absolute Gasteiger partial charge is 0.280 e. The van der Waals surface area contributed by atoms with E-state index in [0.717, 1.165) is 0 Å². The average Bonchev–Trinajstić information content (AvgIpc) is 2.11. The number of halogens is 3. The summed E-state index contributed by atoms with van der Waals surface area (Å²) in [4.78, 5) is 8.81. The van der Waals surface area contributed by atoms with Crippen molar-refractivity contribution in [2.75, 3.05) is 11.0 Å². The summed E-state index contributed by atoms with van der Waals surface area (Å²) in [6.07, 6.45) is 0.625. The van der Waals surface area contributed by atoms with Crippen molar-refractivity contribution in [1.82, 2.24) is 0 Å². The van der Waals surface area contributed by atoms with Gasteiger partial charge in [-0.2, -0.15) is 8.78 Å². The van der Waals surface area contributed by atoms with Crippen LogP contribution in [0.1, 0.15) is 0 Å². The number of nitrogens with one attached hydrogen (secondary N) is 1. The van der Waals surface area contributed by atoms with Crippen LogP contribution in [0.25, 0.3) is 0 Å². The fraction of sp³-hybridized carbons (Fsp3) is 0.143. The molecule has 0 atom stereocenters. The molecule has 0 amide bonds. The van der Waals surface area contributed by atoms with Gasteiger partial charge in [0.2, 0.25) is 21.7 Å². The molecule has 0 bridgehead atoms. The zero-order chi connectivity index (χ0) is 13.4. The van der Waals surface area contributed by atoms with Gasteiger partial charge in [0.1, 0.15) is 0 Å². The summed E-state index contributed by atoms with van der Waals surface area (Å²) in [5, 5.41) is 10.3. The Morgan fingerprint density at radius 2 is 1.82 bits per heavy atom. The first-order chi connectivity index (χ1) is 7.63. The predicted octanol–water partition coefficient (Wildman–Crippen LogP) is 1.38. The van der Waals surface area contributed by atoms with Crippen LogP contribution in [0.4, 0.5) is 24.5 Å². The summed E-state index contributed by atoms with van der Waals surface area (Å²) in [5.41, 5.74) is -2.78. The van der Waals surface area contributed by atoms with Crippen LogP contribution < -0.4 is 4.72 Å². The molecule has 1 aromatic carbocycles. The van der Waals surface area contributed by atoms with Crippen molar-refractivity contribution in [3.05, 3.63) is 33.6 Å². The van der Waals surface area contributed by atoms with E-state index in [4.69, 9.17) is 0 Å². The highest BCUT2D eigenvalue weighted by Gasteiger charge is 2.29. The number of anilines is 1. The predicted molar refractivity (Wildman–Crippen MR) is 51.4 cm³/mol. The SMILES string of the molecule is CS(=O)(=O)Nc1cc(F)c(F)c([N+](=O)[O-])c1F. The van der Waals surface area contributed by atoms with Crippen LogP contribution in [0.5, 0.6) is 0 Å². The lowest BCUT2D eigenvalue weighted by Gasteiger charge is -2.06. The minimum Gasteiger partial charge on any atom is -0.280 e. The Bertz CT molecular complexity index is 587. The molecule has 94 valence electrons. The molecule has 1 N–H and O–H groups in total. The van der Waals surface area contributed by atoms with Crippen molar-refractivity contribution in [1.29, 1.82) is 0 Å². The normalized spacial score (nSPS) is 11.3. The van der Waals surface area contributed by atoms with Crippen molar-refractivity contribution in [3.63, 3.8) is 0 Å².